The first kappa shape index (κ1) is 16.9. The van der Waals surface area contributed by atoms with Crippen LogP contribution >= 0.6 is 0 Å². The van der Waals surface area contributed by atoms with Gasteiger partial charge in [-0.15, -0.1) is 0 Å². The first-order chi connectivity index (χ1) is 7.77. The van der Waals surface area contributed by atoms with E-state index in [1.54, 1.807) is 13.8 Å². The van der Waals surface area contributed by atoms with E-state index < -0.39 is 15.4 Å². The summed E-state index contributed by atoms with van der Waals surface area (Å²) in [5, 5.41) is 0. The molecule has 0 aromatic carbocycles. The van der Waals surface area contributed by atoms with Crippen LogP contribution in [0.1, 0.15) is 65.7 Å². The second-order valence-corrected chi connectivity index (χ2v) is 7.89. The van der Waals surface area contributed by atoms with Crippen LogP contribution in [0, 0.1) is 0 Å². The molecule has 3 nitrogen and oxygen atoms in total. The predicted molar refractivity (Wildman–Crippen MR) is 74.9 cm³/mol. The maximum Gasteiger partial charge on any atom is 0.152 e. The molecule has 17 heavy (non-hydrogen) atoms. The van der Waals surface area contributed by atoms with Crippen LogP contribution in [0.4, 0.5) is 0 Å². The zero-order chi connectivity index (χ0) is 13.4. The monoisotopic (exact) mass is 263 g/mol. The second kappa shape index (κ2) is 8.09. The molecule has 0 aliphatic carbocycles. The Morgan fingerprint density at radius 2 is 1.41 bits per heavy atom. The van der Waals surface area contributed by atoms with Crippen molar-refractivity contribution in [3.05, 3.63) is 0 Å². The summed E-state index contributed by atoms with van der Waals surface area (Å²) in [6.45, 7) is 5.71. The summed E-state index contributed by atoms with van der Waals surface area (Å²) in [7, 11) is -2.96. The van der Waals surface area contributed by atoms with Crippen LogP contribution in [-0.4, -0.2) is 25.5 Å². The molecule has 0 rings (SSSR count). The van der Waals surface area contributed by atoms with Gasteiger partial charge in [0.2, 0.25) is 0 Å². The van der Waals surface area contributed by atoms with Crippen LogP contribution in [0.15, 0.2) is 0 Å². The van der Waals surface area contributed by atoms with E-state index in [2.05, 4.69) is 6.92 Å². The lowest BCUT2D eigenvalue weighted by Gasteiger charge is -2.18. The zero-order valence-corrected chi connectivity index (χ0v) is 12.5. The van der Waals surface area contributed by atoms with Crippen molar-refractivity contribution in [1.82, 2.24) is 0 Å². The molecule has 0 radical (unpaired) electrons. The summed E-state index contributed by atoms with van der Waals surface area (Å²) < 4.78 is 23.4. The van der Waals surface area contributed by atoms with Crippen molar-refractivity contribution in [1.29, 1.82) is 0 Å². The van der Waals surface area contributed by atoms with Gasteiger partial charge in [0.15, 0.2) is 9.84 Å². The van der Waals surface area contributed by atoms with E-state index in [0.29, 0.717) is 5.75 Å². The van der Waals surface area contributed by atoms with Crippen molar-refractivity contribution in [2.75, 3.05) is 11.5 Å². The summed E-state index contributed by atoms with van der Waals surface area (Å²) in [5.74, 6) is 0.386. The van der Waals surface area contributed by atoms with Crippen molar-refractivity contribution >= 4 is 9.84 Å². The number of unbranched alkanes of at least 4 members (excludes halogenated alkanes) is 6. The lowest BCUT2D eigenvalue weighted by atomic mass is 10.1. The molecule has 0 saturated carbocycles. The third-order valence-electron chi connectivity index (χ3n) is 2.65. The molecule has 0 fully saturated rings. The standard InChI is InChI=1S/C13H29NO2S/c1-4-5-6-7-8-9-10-11-17(15,16)12-13(2,3)14/h4-12,14H2,1-3H3. The molecular formula is C13H29NO2S. The first-order valence-electron chi connectivity index (χ1n) is 6.76. The number of sulfone groups is 1. The minimum atomic E-state index is -2.96. The maximum atomic E-state index is 11.7. The molecule has 0 aliphatic heterocycles. The molecule has 0 aliphatic rings. The smallest absolute Gasteiger partial charge is 0.152 e. The Labute approximate surface area is 107 Å². The minimum absolute atomic E-state index is 0.0931. The summed E-state index contributed by atoms with van der Waals surface area (Å²) in [4.78, 5) is 0. The number of rotatable bonds is 10. The van der Waals surface area contributed by atoms with Gasteiger partial charge in [0, 0.05) is 5.54 Å². The fourth-order valence-electron chi connectivity index (χ4n) is 1.92. The van der Waals surface area contributed by atoms with Gasteiger partial charge in [-0.3, -0.25) is 0 Å². The lowest BCUT2D eigenvalue weighted by Crippen LogP contribution is -2.40. The van der Waals surface area contributed by atoms with Crippen LogP contribution in [0.25, 0.3) is 0 Å². The van der Waals surface area contributed by atoms with Crippen molar-refractivity contribution in [2.24, 2.45) is 5.73 Å². The van der Waals surface area contributed by atoms with Crippen molar-refractivity contribution in [2.45, 2.75) is 71.3 Å². The topological polar surface area (TPSA) is 60.2 Å². The van der Waals surface area contributed by atoms with Gasteiger partial charge in [-0.2, -0.15) is 0 Å². The van der Waals surface area contributed by atoms with E-state index in [0.717, 1.165) is 19.3 Å². The molecule has 0 heterocycles. The third-order valence-corrected chi connectivity index (χ3v) is 4.75. The van der Waals surface area contributed by atoms with E-state index in [1.807, 2.05) is 0 Å². The van der Waals surface area contributed by atoms with E-state index in [9.17, 15) is 8.42 Å². The summed E-state index contributed by atoms with van der Waals surface area (Å²) >= 11 is 0. The Balaban J connectivity index is 3.60. The van der Waals surface area contributed by atoms with Crippen molar-refractivity contribution in [3.8, 4) is 0 Å². The van der Waals surface area contributed by atoms with Gasteiger partial charge in [-0.1, -0.05) is 45.4 Å². The third kappa shape index (κ3) is 12.2. The molecule has 2 N–H and O–H groups in total. The normalized spacial score (nSPS) is 12.9. The average molecular weight is 263 g/mol. The van der Waals surface area contributed by atoms with Crippen LogP contribution in [0.2, 0.25) is 0 Å². The molecule has 0 aromatic rings. The molecule has 104 valence electrons. The highest BCUT2D eigenvalue weighted by molar-refractivity contribution is 7.91. The van der Waals surface area contributed by atoms with Gasteiger partial charge < -0.3 is 5.73 Å². The fourth-order valence-corrected chi connectivity index (χ4v) is 3.84. The van der Waals surface area contributed by atoms with Gasteiger partial charge in [-0.05, 0) is 20.3 Å². The zero-order valence-electron chi connectivity index (χ0n) is 11.7. The van der Waals surface area contributed by atoms with E-state index in [1.165, 1.54) is 25.7 Å². The Bertz CT molecular complexity index is 278. The second-order valence-electron chi connectivity index (χ2n) is 5.70. The Morgan fingerprint density at radius 3 is 1.88 bits per heavy atom. The molecular weight excluding hydrogens is 234 g/mol. The van der Waals surface area contributed by atoms with Crippen LogP contribution in [0.3, 0.4) is 0 Å². The average Bonchev–Trinajstić information content (AvgIpc) is 2.12. The first-order valence-corrected chi connectivity index (χ1v) is 8.58. The lowest BCUT2D eigenvalue weighted by molar-refractivity contribution is 0.539. The summed E-state index contributed by atoms with van der Waals surface area (Å²) in [6, 6.07) is 0. The van der Waals surface area contributed by atoms with Crippen LogP contribution < -0.4 is 5.73 Å². The van der Waals surface area contributed by atoms with Crippen molar-refractivity contribution < 1.29 is 8.42 Å². The SMILES string of the molecule is CCCCCCCCCS(=O)(=O)CC(C)(C)N. The number of nitrogens with two attached hydrogens (primary N) is 1. The fraction of sp³-hybridized carbons (Fsp3) is 1.00. The molecule has 0 unspecified atom stereocenters. The Kier molecular flexibility index (Phi) is 8.05. The number of hydrogen-bond donors (Lipinski definition) is 1. The summed E-state index contributed by atoms with van der Waals surface area (Å²) in [5.41, 5.74) is 5.12. The maximum absolute atomic E-state index is 11.7. The highest BCUT2D eigenvalue weighted by Gasteiger charge is 2.21. The Hall–Kier alpha value is -0.0900. The van der Waals surface area contributed by atoms with Gasteiger partial charge in [-0.25, -0.2) is 8.42 Å². The minimum Gasteiger partial charge on any atom is -0.325 e. The van der Waals surface area contributed by atoms with Gasteiger partial charge in [0.25, 0.3) is 0 Å². The largest absolute Gasteiger partial charge is 0.325 e. The van der Waals surface area contributed by atoms with Gasteiger partial charge >= 0.3 is 0 Å². The van der Waals surface area contributed by atoms with Crippen LogP contribution in [-0.2, 0) is 9.84 Å². The molecule has 0 atom stereocenters. The Morgan fingerprint density at radius 1 is 0.941 bits per heavy atom. The van der Waals surface area contributed by atoms with E-state index >= 15 is 0 Å². The van der Waals surface area contributed by atoms with Crippen molar-refractivity contribution in [3.63, 3.8) is 0 Å². The van der Waals surface area contributed by atoms with E-state index in [-0.39, 0.29) is 5.75 Å². The molecule has 0 bridgehead atoms. The number of hydrogen-bond acceptors (Lipinski definition) is 3. The predicted octanol–water partition coefficient (Wildman–Crippen LogP) is 2.89. The molecule has 0 saturated heterocycles. The highest BCUT2D eigenvalue weighted by Crippen LogP contribution is 2.10. The van der Waals surface area contributed by atoms with Gasteiger partial charge in [0.05, 0.1) is 11.5 Å². The molecule has 0 amide bonds. The van der Waals surface area contributed by atoms with Gasteiger partial charge in [0.1, 0.15) is 0 Å². The molecule has 0 spiro atoms. The molecule has 4 heteroatoms. The highest BCUT2D eigenvalue weighted by atomic mass is 32.2. The van der Waals surface area contributed by atoms with E-state index in [4.69, 9.17) is 5.73 Å². The van der Waals surface area contributed by atoms with Crippen LogP contribution in [0.5, 0.6) is 0 Å². The summed E-state index contributed by atoms with van der Waals surface area (Å²) in [6.07, 6.45) is 8.01. The quantitative estimate of drug-likeness (QED) is 0.616. The molecule has 0 aromatic heterocycles.